The van der Waals surface area contributed by atoms with Crippen molar-refractivity contribution in [3.63, 3.8) is 0 Å². The number of halogens is 3. The highest BCUT2D eigenvalue weighted by molar-refractivity contribution is 5.74. The van der Waals surface area contributed by atoms with E-state index in [4.69, 9.17) is 4.84 Å². The highest BCUT2D eigenvalue weighted by atomic mass is 19.4. The van der Waals surface area contributed by atoms with Crippen LogP contribution in [0.15, 0.2) is 35.5 Å². The number of anilines is 1. The molecule has 0 spiro atoms. The first-order valence-electron chi connectivity index (χ1n) is 11.1. The predicted octanol–water partition coefficient (Wildman–Crippen LogP) is 4.85. The molecule has 2 aliphatic heterocycles. The first kappa shape index (κ1) is 22.0. The van der Waals surface area contributed by atoms with Crippen LogP contribution in [-0.2, 0) is 11.3 Å². The van der Waals surface area contributed by atoms with E-state index in [0.29, 0.717) is 23.7 Å². The van der Waals surface area contributed by atoms with Crippen LogP contribution in [0, 0.1) is 0 Å². The van der Waals surface area contributed by atoms with Gasteiger partial charge in [0.2, 0.25) is 0 Å². The number of likely N-dealkylation sites (N-methyl/N-ethyl adjacent to an activating group) is 1. The van der Waals surface area contributed by atoms with Crippen LogP contribution < -0.4 is 10.7 Å². The Morgan fingerprint density at radius 3 is 2.68 bits per heavy atom. The number of rotatable bonds is 3. The van der Waals surface area contributed by atoms with Gasteiger partial charge in [-0.05, 0) is 81.5 Å². The maximum Gasteiger partial charge on any atom is 0.432 e. The summed E-state index contributed by atoms with van der Waals surface area (Å²) in [5, 5.41) is 4.83. The predicted molar refractivity (Wildman–Crippen MR) is 116 cm³/mol. The highest BCUT2D eigenvalue weighted by Crippen LogP contribution is 2.38. The lowest BCUT2D eigenvalue weighted by Crippen LogP contribution is -2.42. The van der Waals surface area contributed by atoms with Crippen molar-refractivity contribution in [3.8, 4) is 0 Å². The van der Waals surface area contributed by atoms with Crippen molar-refractivity contribution >= 4 is 11.4 Å². The van der Waals surface area contributed by atoms with E-state index in [9.17, 15) is 13.2 Å². The van der Waals surface area contributed by atoms with Crippen LogP contribution in [-0.4, -0.2) is 49.5 Å². The summed E-state index contributed by atoms with van der Waals surface area (Å²) in [5.41, 5.74) is 6.07. The Kier molecular flexibility index (Phi) is 6.48. The number of alkyl halides is 3. The summed E-state index contributed by atoms with van der Waals surface area (Å²) in [7, 11) is 3.53. The van der Waals surface area contributed by atoms with Gasteiger partial charge in [0.15, 0.2) is 0 Å². The van der Waals surface area contributed by atoms with E-state index in [1.165, 1.54) is 24.8 Å². The van der Waals surface area contributed by atoms with E-state index in [2.05, 4.69) is 28.8 Å². The molecule has 170 valence electrons. The Bertz CT molecular complexity index is 865. The van der Waals surface area contributed by atoms with Crippen LogP contribution in [0.2, 0.25) is 0 Å². The standard InChI is InChI=1S/C23H31F3N4O/c1-29-12-6-9-19(15-29)27-18-10-11-20-16(13-18)7-4-3-5-8-17-14-21(23(24,25)26)28-30(31-2)22(17)20/h10-11,13-14,19,27-28H,3-9,12,15H2,1-2H3/t19-/m1/s1. The van der Waals surface area contributed by atoms with Gasteiger partial charge in [-0.3, -0.25) is 10.3 Å². The number of hydrazine groups is 1. The zero-order valence-corrected chi connectivity index (χ0v) is 18.2. The van der Waals surface area contributed by atoms with Gasteiger partial charge in [0.25, 0.3) is 0 Å². The maximum absolute atomic E-state index is 13.4. The maximum atomic E-state index is 13.4. The van der Waals surface area contributed by atoms with E-state index in [-0.39, 0.29) is 0 Å². The second-order valence-corrected chi connectivity index (χ2v) is 8.70. The van der Waals surface area contributed by atoms with Gasteiger partial charge in [-0.1, -0.05) is 12.5 Å². The van der Waals surface area contributed by atoms with E-state index >= 15 is 0 Å². The molecule has 1 aromatic rings. The van der Waals surface area contributed by atoms with Crippen molar-refractivity contribution < 1.29 is 18.0 Å². The number of nitrogens with one attached hydrogen (secondary N) is 2. The van der Waals surface area contributed by atoms with Gasteiger partial charge >= 0.3 is 6.18 Å². The van der Waals surface area contributed by atoms with Crippen LogP contribution in [0.4, 0.5) is 18.9 Å². The first-order chi connectivity index (χ1) is 14.8. The van der Waals surface area contributed by atoms with Gasteiger partial charge in [-0.2, -0.15) is 18.3 Å². The normalized spacial score (nSPS) is 23.1. The zero-order valence-electron chi connectivity index (χ0n) is 18.2. The highest BCUT2D eigenvalue weighted by Gasteiger charge is 2.39. The van der Waals surface area contributed by atoms with Crippen molar-refractivity contribution in [2.45, 2.75) is 57.2 Å². The zero-order chi connectivity index (χ0) is 22.0. The van der Waals surface area contributed by atoms with Gasteiger partial charge in [0.05, 0.1) is 12.8 Å². The molecule has 5 nitrogen and oxygen atoms in total. The van der Waals surface area contributed by atoms with Crippen LogP contribution >= 0.6 is 0 Å². The molecule has 0 bridgehead atoms. The molecule has 1 saturated heterocycles. The average Bonchev–Trinajstić information content (AvgIpc) is 2.81. The lowest BCUT2D eigenvalue weighted by atomic mass is 9.95. The summed E-state index contributed by atoms with van der Waals surface area (Å²) >= 11 is 0. The van der Waals surface area contributed by atoms with E-state index in [0.717, 1.165) is 62.0 Å². The second kappa shape index (κ2) is 9.12. The minimum absolute atomic E-state index is 0.409. The number of allylic oxidation sites excluding steroid dienone is 3. The van der Waals surface area contributed by atoms with Crippen molar-refractivity contribution in [1.29, 1.82) is 0 Å². The minimum atomic E-state index is -4.46. The van der Waals surface area contributed by atoms with Crippen molar-refractivity contribution in [1.82, 2.24) is 15.5 Å². The number of piperidine rings is 1. The number of fused-ring (bicyclic) bond motifs is 2. The molecule has 2 heterocycles. The summed E-state index contributed by atoms with van der Waals surface area (Å²) < 4.78 is 40.3. The van der Waals surface area contributed by atoms with E-state index in [1.54, 1.807) is 0 Å². The Morgan fingerprint density at radius 1 is 1.13 bits per heavy atom. The molecule has 1 atom stereocenters. The SMILES string of the molecule is CON1NC(C(F)(F)F)=CC2=C1c1ccc(N[C@@H]3CCCN(C)C3)cc1CCCCC2. The number of aryl methyl sites for hydroxylation is 1. The molecular weight excluding hydrogens is 405 g/mol. The van der Waals surface area contributed by atoms with Gasteiger partial charge in [-0.15, -0.1) is 0 Å². The number of hydroxylamine groups is 1. The second-order valence-electron chi connectivity index (χ2n) is 8.70. The topological polar surface area (TPSA) is 39.8 Å². The number of hydrogen-bond acceptors (Lipinski definition) is 5. The van der Waals surface area contributed by atoms with E-state index < -0.39 is 11.9 Å². The van der Waals surface area contributed by atoms with Gasteiger partial charge < -0.3 is 10.2 Å². The van der Waals surface area contributed by atoms with E-state index in [1.807, 2.05) is 12.1 Å². The lowest BCUT2D eigenvalue weighted by molar-refractivity contribution is -0.149. The molecule has 1 aromatic carbocycles. The molecule has 0 aromatic heterocycles. The molecule has 0 saturated carbocycles. The van der Waals surface area contributed by atoms with Gasteiger partial charge in [-0.25, -0.2) is 0 Å². The fourth-order valence-corrected chi connectivity index (χ4v) is 4.77. The van der Waals surface area contributed by atoms with Crippen molar-refractivity contribution in [2.75, 3.05) is 32.6 Å². The Morgan fingerprint density at radius 2 is 1.94 bits per heavy atom. The third kappa shape index (κ3) is 5.01. The quantitative estimate of drug-likeness (QED) is 0.709. The third-order valence-corrected chi connectivity index (χ3v) is 6.28. The molecular formula is C23H31F3N4O. The summed E-state index contributed by atoms with van der Waals surface area (Å²) in [4.78, 5) is 7.68. The van der Waals surface area contributed by atoms with Crippen molar-refractivity contribution in [3.05, 3.63) is 46.7 Å². The molecule has 4 rings (SSSR count). The summed E-state index contributed by atoms with van der Waals surface area (Å²) in [6.45, 7) is 2.14. The lowest BCUT2D eigenvalue weighted by Gasteiger charge is -2.34. The Balaban J connectivity index is 1.70. The number of benzene rings is 1. The Labute approximate surface area is 181 Å². The summed E-state index contributed by atoms with van der Waals surface area (Å²) in [6.07, 6.45) is 3.42. The molecule has 0 amide bonds. The van der Waals surface area contributed by atoms with Crippen LogP contribution in [0.3, 0.4) is 0 Å². The summed E-state index contributed by atoms with van der Waals surface area (Å²) in [5.74, 6) is 0. The smallest absolute Gasteiger partial charge is 0.381 e. The fraction of sp³-hybridized carbons (Fsp3) is 0.565. The molecule has 1 aliphatic carbocycles. The largest absolute Gasteiger partial charge is 0.432 e. The van der Waals surface area contributed by atoms with Gasteiger partial charge in [0, 0.05) is 23.8 Å². The molecule has 8 heteroatoms. The molecule has 2 N–H and O–H groups in total. The summed E-state index contributed by atoms with van der Waals surface area (Å²) in [6, 6.07) is 6.63. The monoisotopic (exact) mass is 436 g/mol. The molecule has 0 radical (unpaired) electrons. The number of likely N-dealkylation sites (tertiary alicyclic amines) is 1. The molecule has 3 aliphatic rings. The average molecular weight is 437 g/mol. The minimum Gasteiger partial charge on any atom is -0.381 e. The fourth-order valence-electron chi connectivity index (χ4n) is 4.77. The van der Waals surface area contributed by atoms with Crippen LogP contribution in [0.1, 0.15) is 49.7 Å². The van der Waals surface area contributed by atoms with Crippen LogP contribution in [0.25, 0.3) is 5.70 Å². The van der Waals surface area contributed by atoms with Gasteiger partial charge in [0.1, 0.15) is 5.70 Å². The van der Waals surface area contributed by atoms with Crippen LogP contribution in [0.5, 0.6) is 0 Å². The Hall–Kier alpha value is -2.19. The molecule has 31 heavy (non-hydrogen) atoms. The number of hydrogen-bond donors (Lipinski definition) is 2. The number of nitrogens with zero attached hydrogens (tertiary/aromatic N) is 2. The molecule has 1 fully saturated rings. The van der Waals surface area contributed by atoms with Crippen molar-refractivity contribution in [2.24, 2.45) is 0 Å². The first-order valence-corrected chi connectivity index (χ1v) is 11.1. The molecule has 0 unspecified atom stereocenters. The third-order valence-electron chi connectivity index (χ3n) is 6.28.